The van der Waals surface area contributed by atoms with Crippen molar-refractivity contribution < 1.29 is 4.92 Å². The molecule has 6 heteroatoms. The molecule has 2 rings (SSSR count). The summed E-state index contributed by atoms with van der Waals surface area (Å²) in [5, 5.41) is 18.2. The van der Waals surface area contributed by atoms with Crippen molar-refractivity contribution >= 4 is 11.4 Å². The number of nitro benzene ring substituents is 1. The predicted octanol–water partition coefficient (Wildman–Crippen LogP) is 2.60. The number of aromatic nitrogens is 2. The summed E-state index contributed by atoms with van der Waals surface area (Å²) in [5.41, 5.74) is 1.54. The van der Waals surface area contributed by atoms with E-state index >= 15 is 0 Å². The molecule has 0 aliphatic carbocycles. The van der Waals surface area contributed by atoms with Crippen LogP contribution in [0.15, 0.2) is 36.7 Å². The van der Waals surface area contributed by atoms with Crippen LogP contribution in [0.4, 0.5) is 11.4 Å². The van der Waals surface area contributed by atoms with E-state index in [0.717, 1.165) is 5.69 Å². The summed E-state index contributed by atoms with van der Waals surface area (Å²) >= 11 is 0. The van der Waals surface area contributed by atoms with Gasteiger partial charge in [-0.3, -0.25) is 14.8 Å². The Morgan fingerprint density at radius 3 is 2.95 bits per heavy atom. The maximum absolute atomic E-state index is 10.9. The molecular formula is C13H16N4O2. The van der Waals surface area contributed by atoms with Gasteiger partial charge in [0.1, 0.15) is 0 Å². The first kappa shape index (κ1) is 13.1. The molecule has 0 amide bonds. The first-order chi connectivity index (χ1) is 9.06. The van der Waals surface area contributed by atoms with Crippen LogP contribution >= 0.6 is 0 Å². The lowest BCUT2D eigenvalue weighted by Gasteiger charge is -2.15. The number of anilines is 1. The summed E-state index contributed by atoms with van der Waals surface area (Å²) in [6, 6.07) is 7.16. The third-order valence-corrected chi connectivity index (χ3v) is 2.84. The van der Waals surface area contributed by atoms with Gasteiger partial charge in [-0.15, -0.1) is 0 Å². The second-order valence-electron chi connectivity index (χ2n) is 4.53. The van der Waals surface area contributed by atoms with Gasteiger partial charge in [-0.1, -0.05) is 6.07 Å². The van der Waals surface area contributed by atoms with Crippen LogP contribution in [0.3, 0.4) is 0 Å². The Labute approximate surface area is 111 Å². The number of hydrogen-bond acceptors (Lipinski definition) is 4. The van der Waals surface area contributed by atoms with Crippen LogP contribution in [-0.2, 0) is 6.54 Å². The highest BCUT2D eigenvalue weighted by Crippen LogP contribution is 2.22. The molecule has 2 aromatic rings. The van der Waals surface area contributed by atoms with E-state index in [-0.39, 0.29) is 16.7 Å². The zero-order valence-corrected chi connectivity index (χ0v) is 10.9. The predicted molar refractivity (Wildman–Crippen MR) is 73.1 cm³/mol. The lowest BCUT2D eigenvalue weighted by Crippen LogP contribution is -2.22. The standard InChI is InChI=1S/C13H16N4O2/c1-10-4-5-12(8-13(10)17(18)19)15-11(2)9-16-7-3-6-14-16/h3-8,11,15H,9H2,1-2H3. The minimum atomic E-state index is -0.362. The molecule has 6 nitrogen and oxygen atoms in total. The van der Waals surface area contributed by atoms with Crippen molar-refractivity contribution in [2.24, 2.45) is 0 Å². The first-order valence-electron chi connectivity index (χ1n) is 6.05. The lowest BCUT2D eigenvalue weighted by molar-refractivity contribution is -0.385. The molecule has 0 radical (unpaired) electrons. The number of benzene rings is 1. The van der Waals surface area contributed by atoms with Gasteiger partial charge in [0.15, 0.2) is 0 Å². The number of nitrogens with zero attached hydrogens (tertiary/aromatic N) is 3. The fraction of sp³-hybridized carbons (Fsp3) is 0.308. The molecule has 1 aromatic heterocycles. The Balaban J connectivity index is 2.06. The van der Waals surface area contributed by atoms with E-state index in [0.29, 0.717) is 12.1 Å². The SMILES string of the molecule is Cc1ccc(NC(C)Cn2cccn2)cc1[N+](=O)[O-]. The maximum Gasteiger partial charge on any atom is 0.274 e. The molecule has 100 valence electrons. The average Bonchev–Trinajstić information content (AvgIpc) is 2.84. The quantitative estimate of drug-likeness (QED) is 0.662. The molecule has 0 fully saturated rings. The molecule has 1 N–H and O–H groups in total. The van der Waals surface area contributed by atoms with Crippen molar-refractivity contribution in [2.75, 3.05) is 5.32 Å². The van der Waals surface area contributed by atoms with Gasteiger partial charge in [-0.2, -0.15) is 5.10 Å². The van der Waals surface area contributed by atoms with Crippen molar-refractivity contribution in [1.82, 2.24) is 9.78 Å². The topological polar surface area (TPSA) is 73.0 Å². The number of aryl methyl sites for hydroxylation is 1. The Hall–Kier alpha value is -2.37. The number of rotatable bonds is 5. The normalized spacial score (nSPS) is 12.1. The van der Waals surface area contributed by atoms with Gasteiger partial charge < -0.3 is 5.32 Å². The molecule has 1 unspecified atom stereocenters. The van der Waals surface area contributed by atoms with Crippen molar-refractivity contribution in [3.8, 4) is 0 Å². The molecule has 0 spiro atoms. The summed E-state index contributed by atoms with van der Waals surface area (Å²) in [5.74, 6) is 0. The van der Waals surface area contributed by atoms with Gasteiger partial charge in [0.25, 0.3) is 5.69 Å². The minimum absolute atomic E-state index is 0.127. The smallest absolute Gasteiger partial charge is 0.274 e. The van der Waals surface area contributed by atoms with E-state index in [1.54, 1.807) is 25.3 Å². The second-order valence-corrected chi connectivity index (χ2v) is 4.53. The van der Waals surface area contributed by atoms with Gasteiger partial charge in [0.2, 0.25) is 0 Å². The zero-order chi connectivity index (χ0) is 13.8. The van der Waals surface area contributed by atoms with Crippen LogP contribution in [0, 0.1) is 17.0 Å². The molecule has 0 bridgehead atoms. The fourth-order valence-electron chi connectivity index (χ4n) is 1.92. The lowest BCUT2D eigenvalue weighted by atomic mass is 10.1. The van der Waals surface area contributed by atoms with E-state index < -0.39 is 0 Å². The Morgan fingerprint density at radius 1 is 1.53 bits per heavy atom. The van der Waals surface area contributed by atoms with E-state index in [1.807, 2.05) is 29.9 Å². The van der Waals surface area contributed by atoms with Crippen LogP contribution in [0.25, 0.3) is 0 Å². The second kappa shape index (κ2) is 5.51. The Morgan fingerprint density at radius 2 is 2.32 bits per heavy atom. The van der Waals surface area contributed by atoms with E-state index in [9.17, 15) is 10.1 Å². The summed E-state index contributed by atoms with van der Waals surface area (Å²) in [6.07, 6.45) is 3.61. The minimum Gasteiger partial charge on any atom is -0.381 e. The van der Waals surface area contributed by atoms with Gasteiger partial charge >= 0.3 is 0 Å². The third-order valence-electron chi connectivity index (χ3n) is 2.84. The monoisotopic (exact) mass is 260 g/mol. The molecule has 0 saturated carbocycles. The summed E-state index contributed by atoms with van der Waals surface area (Å²) in [6.45, 7) is 4.44. The first-order valence-corrected chi connectivity index (χ1v) is 6.05. The van der Waals surface area contributed by atoms with Crippen LogP contribution in [0.2, 0.25) is 0 Å². The van der Waals surface area contributed by atoms with E-state index in [4.69, 9.17) is 0 Å². The number of hydrogen-bond donors (Lipinski definition) is 1. The summed E-state index contributed by atoms with van der Waals surface area (Å²) in [7, 11) is 0. The van der Waals surface area contributed by atoms with Crippen molar-refractivity contribution in [3.63, 3.8) is 0 Å². The van der Waals surface area contributed by atoms with E-state index in [1.165, 1.54) is 0 Å². The van der Waals surface area contributed by atoms with Gasteiger partial charge in [0, 0.05) is 35.8 Å². The maximum atomic E-state index is 10.9. The Kier molecular flexibility index (Phi) is 3.79. The molecule has 1 aromatic carbocycles. The van der Waals surface area contributed by atoms with Gasteiger partial charge in [-0.05, 0) is 26.0 Å². The molecule has 1 atom stereocenters. The molecule has 19 heavy (non-hydrogen) atoms. The van der Waals surface area contributed by atoms with Crippen LogP contribution in [0.1, 0.15) is 12.5 Å². The highest BCUT2D eigenvalue weighted by Gasteiger charge is 2.12. The molecule has 0 aliphatic rings. The number of nitrogens with one attached hydrogen (secondary N) is 1. The van der Waals surface area contributed by atoms with E-state index in [2.05, 4.69) is 10.4 Å². The highest BCUT2D eigenvalue weighted by molar-refractivity contribution is 5.55. The average molecular weight is 260 g/mol. The fourth-order valence-corrected chi connectivity index (χ4v) is 1.92. The molecule has 0 saturated heterocycles. The molecule has 0 aliphatic heterocycles. The highest BCUT2D eigenvalue weighted by atomic mass is 16.6. The van der Waals surface area contributed by atoms with Crippen molar-refractivity contribution in [1.29, 1.82) is 0 Å². The summed E-state index contributed by atoms with van der Waals surface area (Å²) in [4.78, 5) is 10.5. The molecular weight excluding hydrogens is 244 g/mol. The van der Waals surface area contributed by atoms with Crippen molar-refractivity contribution in [3.05, 3.63) is 52.3 Å². The third kappa shape index (κ3) is 3.31. The Bertz CT molecular complexity index is 566. The van der Waals surface area contributed by atoms with Crippen LogP contribution < -0.4 is 5.32 Å². The van der Waals surface area contributed by atoms with Crippen molar-refractivity contribution in [2.45, 2.75) is 26.4 Å². The van der Waals surface area contributed by atoms with Crippen LogP contribution in [0.5, 0.6) is 0 Å². The number of nitro groups is 1. The summed E-state index contributed by atoms with van der Waals surface area (Å²) < 4.78 is 1.82. The van der Waals surface area contributed by atoms with Gasteiger partial charge in [-0.25, -0.2) is 0 Å². The molecule has 1 heterocycles. The zero-order valence-electron chi connectivity index (χ0n) is 10.9. The van der Waals surface area contributed by atoms with Crippen LogP contribution in [-0.4, -0.2) is 20.7 Å². The van der Waals surface area contributed by atoms with Gasteiger partial charge in [0.05, 0.1) is 11.5 Å². The largest absolute Gasteiger partial charge is 0.381 e.